The van der Waals surface area contributed by atoms with E-state index < -0.39 is 8.80 Å². The van der Waals surface area contributed by atoms with Crippen LogP contribution in [0.4, 0.5) is 0 Å². The van der Waals surface area contributed by atoms with Crippen LogP contribution in [0.25, 0.3) is 0 Å². The van der Waals surface area contributed by atoms with E-state index in [1.54, 1.807) is 0 Å². The van der Waals surface area contributed by atoms with Crippen molar-refractivity contribution in [3.63, 3.8) is 0 Å². The van der Waals surface area contributed by atoms with Gasteiger partial charge in [0.05, 0.1) is 17.6 Å². The molecule has 0 amide bonds. The van der Waals surface area contributed by atoms with Gasteiger partial charge in [-0.2, -0.15) is 0 Å². The summed E-state index contributed by atoms with van der Waals surface area (Å²) in [5, 5.41) is 0. The van der Waals surface area contributed by atoms with Crippen LogP contribution < -0.4 is 0 Å². The average molecular weight is 250 g/mol. The molecule has 0 bridgehead atoms. The molecule has 0 aliphatic carbocycles. The summed E-state index contributed by atoms with van der Waals surface area (Å²) in [4.78, 5) is 0. The predicted molar refractivity (Wildman–Crippen MR) is 76.4 cm³/mol. The van der Waals surface area contributed by atoms with E-state index in [1.807, 2.05) is 0 Å². The van der Waals surface area contributed by atoms with Crippen molar-refractivity contribution in [3.8, 4) is 23.3 Å². The second-order valence-electron chi connectivity index (χ2n) is 4.62. The Morgan fingerprint density at radius 1 is 0.800 bits per heavy atom. The number of hydrogen-bond acceptors (Lipinski definition) is 0. The summed E-state index contributed by atoms with van der Waals surface area (Å²) in [6, 6.07) is 0. The van der Waals surface area contributed by atoms with Gasteiger partial charge in [0.15, 0.2) is 0 Å². The minimum atomic E-state index is -0.439. The maximum atomic E-state index is 3.43. The van der Waals surface area contributed by atoms with Gasteiger partial charge in [-0.1, -0.05) is 52.1 Å². The molecule has 0 spiro atoms. The highest BCUT2D eigenvalue weighted by Gasteiger charge is 2.31. The minimum absolute atomic E-state index is 0.290. The van der Waals surface area contributed by atoms with Crippen LogP contribution in [0.1, 0.15) is 6.92 Å². The molecule has 0 aromatic carbocycles. The molecular formula is C12H21Si3. The molecule has 0 atom stereocenters. The predicted octanol–water partition coefficient (Wildman–Crippen LogP) is 3.10. The average Bonchev–Trinajstić information content (AvgIpc) is 2.10. The lowest BCUT2D eigenvalue weighted by molar-refractivity contribution is 1.06. The Bertz CT molecular complexity index is 299. The first-order chi connectivity index (χ1) is 6.80. The molecule has 0 fully saturated rings. The van der Waals surface area contributed by atoms with Crippen LogP contribution in [-0.2, 0) is 0 Å². The molecule has 15 heavy (non-hydrogen) atoms. The molecule has 0 aromatic heterocycles. The van der Waals surface area contributed by atoms with Gasteiger partial charge in [0.1, 0.15) is 8.80 Å². The molecule has 0 saturated carbocycles. The molecule has 3 radical (unpaired) electrons. The SMILES string of the molecule is C[Si](C)C#CC#CC(C)([Si](C)C)[Si](C)C. The first kappa shape index (κ1) is 14.8. The Hall–Kier alpha value is -0.229. The summed E-state index contributed by atoms with van der Waals surface area (Å²) in [6.07, 6.45) is 0. The third-order valence-electron chi connectivity index (χ3n) is 2.69. The molecule has 81 valence electrons. The van der Waals surface area contributed by atoms with Crippen molar-refractivity contribution in [2.45, 2.75) is 50.9 Å². The molecule has 0 nitrogen and oxygen atoms in total. The Kier molecular flexibility index (Phi) is 6.28. The van der Waals surface area contributed by atoms with E-state index in [0.29, 0.717) is 4.66 Å². The molecular weight excluding hydrogens is 228 g/mol. The molecule has 3 heteroatoms. The van der Waals surface area contributed by atoms with Gasteiger partial charge in [-0.05, 0) is 11.8 Å². The van der Waals surface area contributed by atoms with E-state index in [9.17, 15) is 0 Å². The van der Waals surface area contributed by atoms with E-state index in [2.05, 4.69) is 69.5 Å². The van der Waals surface area contributed by atoms with Gasteiger partial charge >= 0.3 is 0 Å². The van der Waals surface area contributed by atoms with E-state index in [-0.39, 0.29) is 17.6 Å². The van der Waals surface area contributed by atoms with Crippen molar-refractivity contribution in [3.05, 3.63) is 0 Å². The summed E-state index contributed by atoms with van der Waals surface area (Å²) >= 11 is 0. The standard InChI is InChI=1S/C12H21Si3/c1-12(14(4)5,15(6)7)10-8-9-11-13(2)3/h1-7H3. The summed E-state index contributed by atoms with van der Waals surface area (Å²) in [7, 11) is -1.16. The Morgan fingerprint density at radius 2 is 1.27 bits per heavy atom. The van der Waals surface area contributed by atoms with Crippen molar-refractivity contribution in [1.29, 1.82) is 0 Å². The van der Waals surface area contributed by atoms with Crippen LogP contribution in [0.15, 0.2) is 0 Å². The van der Waals surface area contributed by atoms with Gasteiger partial charge in [0.25, 0.3) is 0 Å². The first-order valence-electron chi connectivity index (χ1n) is 5.25. The molecule has 0 N–H and O–H groups in total. The van der Waals surface area contributed by atoms with E-state index in [1.165, 1.54) is 0 Å². The van der Waals surface area contributed by atoms with Crippen molar-refractivity contribution in [2.75, 3.05) is 0 Å². The van der Waals surface area contributed by atoms with Crippen molar-refractivity contribution < 1.29 is 0 Å². The molecule has 0 aromatic rings. The second kappa shape index (κ2) is 6.37. The quantitative estimate of drug-likeness (QED) is 0.521. The zero-order valence-electron chi connectivity index (χ0n) is 11.0. The van der Waals surface area contributed by atoms with Gasteiger partial charge in [-0.3, -0.25) is 0 Å². The maximum absolute atomic E-state index is 3.43. The van der Waals surface area contributed by atoms with Crippen LogP contribution in [0.2, 0.25) is 43.9 Å². The second-order valence-corrected chi connectivity index (χ2v) is 13.4. The maximum Gasteiger partial charge on any atom is 0.139 e. The molecule has 0 aliphatic heterocycles. The highest BCUT2D eigenvalue weighted by Crippen LogP contribution is 2.31. The van der Waals surface area contributed by atoms with Crippen molar-refractivity contribution >= 4 is 26.4 Å². The van der Waals surface area contributed by atoms with E-state index >= 15 is 0 Å². The molecule has 0 unspecified atom stereocenters. The molecule has 0 saturated heterocycles. The Balaban J connectivity index is 4.80. The highest BCUT2D eigenvalue weighted by molar-refractivity contribution is 6.81. The zero-order valence-corrected chi connectivity index (χ0v) is 14.0. The van der Waals surface area contributed by atoms with E-state index in [4.69, 9.17) is 0 Å². The fourth-order valence-corrected chi connectivity index (χ4v) is 6.00. The summed E-state index contributed by atoms with van der Waals surface area (Å²) < 4.78 is 0.290. The third kappa shape index (κ3) is 4.88. The van der Waals surface area contributed by atoms with Crippen LogP contribution in [0.3, 0.4) is 0 Å². The topological polar surface area (TPSA) is 0 Å². The minimum Gasteiger partial charge on any atom is -0.120 e. The van der Waals surface area contributed by atoms with Crippen LogP contribution >= 0.6 is 0 Å². The first-order valence-corrected chi connectivity index (χ1v) is 12.8. The molecule has 0 rings (SSSR count). The smallest absolute Gasteiger partial charge is 0.120 e. The number of hydrogen-bond donors (Lipinski definition) is 0. The van der Waals surface area contributed by atoms with Crippen LogP contribution in [0, 0.1) is 23.3 Å². The Morgan fingerprint density at radius 3 is 1.60 bits per heavy atom. The van der Waals surface area contributed by atoms with Gasteiger partial charge in [0.2, 0.25) is 0 Å². The third-order valence-corrected chi connectivity index (χ3v) is 10.6. The largest absolute Gasteiger partial charge is 0.139 e. The van der Waals surface area contributed by atoms with Crippen molar-refractivity contribution in [2.24, 2.45) is 0 Å². The normalized spacial score (nSPS) is 11.1. The van der Waals surface area contributed by atoms with Gasteiger partial charge < -0.3 is 0 Å². The summed E-state index contributed by atoms with van der Waals surface area (Å²) in [5.41, 5.74) is 3.20. The highest BCUT2D eigenvalue weighted by atomic mass is 28.3. The lowest BCUT2D eigenvalue weighted by Crippen LogP contribution is -2.34. The van der Waals surface area contributed by atoms with Crippen LogP contribution in [0.5, 0.6) is 0 Å². The zero-order chi connectivity index (χ0) is 12.1. The monoisotopic (exact) mass is 249 g/mol. The van der Waals surface area contributed by atoms with Gasteiger partial charge in [0, 0.05) is 4.66 Å². The fourth-order valence-electron chi connectivity index (χ4n) is 1.06. The summed E-state index contributed by atoms with van der Waals surface area (Å²) in [6.45, 7) is 16.2. The van der Waals surface area contributed by atoms with Crippen molar-refractivity contribution in [1.82, 2.24) is 0 Å². The lowest BCUT2D eigenvalue weighted by Gasteiger charge is -2.30. The molecule has 0 aliphatic rings. The van der Waals surface area contributed by atoms with Gasteiger partial charge in [-0.25, -0.2) is 0 Å². The summed E-state index contributed by atoms with van der Waals surface area (Å²) in [5.74, 6) is 9.54. The lowest BCUT2D eigenvalue weighted by atomic mass is 10.4. The number of rotatable bonds is 2. The van der Waals surface area contributed by atoms with Crippen LogP contribution in [-0.4, -0.2) is 26.4 Å². The van der Waals surface area contributed by atoms with E-state index in [0.717, 1.165) is 0 Å². The van der Waals surface area contributed by atoms with Gasteiger partial charge in [-0.15, -0.1) is 5.54 Å². The molecule has 0 heterocycles. The fraction of sp³-hybridized carbons (Fsp3) is 0.667. The Labute approximate surface area is 101 Å².